The Hall–Kier alpha value is 0.630. The summed E-state index contributed by atoms with van der Waals surface area (Å²) in [4.78, 5) is 0. The molecule has 1 unspecified atom stereocenters. The smallest absolute Gasteiger partial charge is 0.0431 e. The molecule has 1 nitrogen and oxygen atoms in total. The minimum absolute atomic E-state index is 0.661. The van der Waals surface area contributed by atoms with Crippen LogP contribution < -0.4 is 5.32 Å². The molecule has 0 aliphatic heterocycles. The Morgan fingerprint density at radius 3 is 2.83 bits per heavy atom. The second kappa shape index (κ2) is 8.24. The summed E-state index contributed by atoms with van der Waals surface area (Å²) in [5, 5.41) is 4.57. The SMILES string of the molecule is CSC(C)CCNCC(Cl)=CCl. The van der Waals surface area contributed by atoms with Crippen molar-refractivity contribution < 1.29 is 0 Å². The van der Waals surface area contributed by atoms with Gasteiger partial charge < -0.3 is 5.32 Å². The minimum Gasteiger partial charge on any atom is -0.312 e. The van der Waals surface area contributed by atoms with E-state index >= 15 is 0 Å². The number of nitrogens with one attached hydrogen (secondary N) is 1. The summed E-state index contributed by atoms with van der Waals surface area (Å²) in [6.45, 7) is 3.88. The van der Waals surface area contributed by atoms with Crippen molar-refractivity contribution in [3.05, 3.63) is 10.6 Å². The van der Waals surface area contributed by atoms with Crippen molar-refractivity contribution in [1.29, 1.82) is 0 Å². The molecule has 0 aromatic heterocycles. The fraction of sp³-hybridized carbons (Fsp3) is 0.750. The van der Waals surface area contributed by atoms with Crippen LogP contribution in [0.5, 0.6) is 0 Å². The minimum atomic E-state index is 0.661. The number of hydrogen-bond donors (Lipinski definition) is 1. The van der Waals surface area contributed by atoms with Crippen molar-refractivity contribution in [3.8, 4) is 0 Å². The maximum atomic E-state index is 5.68. The summed E-state index contributed by atoms with van der Waals surface area (Å²) in [6.07, 6.45) is 3.28. The van der Waals surface area contributed by atoms with Gasteiger partial charge in [-0.1, -0.05) is 30.1 Å². The van der Waals surface area contributed by atoms with Crippen molar-refractivity contribution in [2.75, 3.05) is 19.3 Å². The van der Waals surface area contributed by atoms with Crippen LogP contribution in [0.15, 0.2) is 10.6 Å². The molecule has 0 aromatic rings. The second-order valence-corrected chi connectivity index (χ2v) is 4.55. The zero-order valence-corrected chi connectivity index (χ0v) is 9.77. The fourth-order valence-electron chi connectivity index (χ4n) is 0.670. The van der Waals surface area contributed by atoms with Crippen molar-refractivity contribution in [3.63, 3.8) is 0 Å². The first kappa shape index (κ1) is 12.6. The van der Waals surface area contributed by atoms with Gasteiger partial charge in [-0.05, 0) is 19.2 Å². The molecule has 4 heteroatoms. The lowest BCUT2D eigenvalue weighted by Gasteiger charge is -2.08. The third kappa shape index (κ3) is 7.29. The van der Waals surface area contributed by atoms with Gasteiger partial charge in [-0.3, -0.25) is 0 Å². The second-order valence-electron chi connectivity index (χ2n) is 2.57. The van der Waals surface area contributed by atoms with E-state index in [9.17, 15) is 0 Å². The quantitative estimate of drug-likeness (QED) is 0.701. The van der Waals surface area contributed by atoms with Crippen LogP contribution in [-0.4, -0.2) is 24.6 Å². The van der Waals surface area contributed by atoms with Gasteiger partial charge in [0, 0.05) is 22.4 Å². The van der Waals surface area contributed by atoms with Crippen molar-refractivity contribution >= 4 is 35.0 Å². The molecule has 0 aliphatic carbocycles. The molecule has 0 saturated heterocycles. The Morgan fingerprint density at radius 1 is 1.67 bits per heavy atom. The van der Waals surface area contributed by atoms with Gasteiger partial charge in [0.05, 0.1) is 0 Å². The van der Waals surface area contributed by atoms with Crippen molar-refractivity contribution in [1.82, 2.24) is 5.32 Å². The summed E-state index contributed by atoms with van der Waals surface area (Å²) >= 11 is 12.9. The van der Waals surface area contributed by atoms with E-state index in [1.807, 2.05) is 11.8 Å². The van der Waals surface area contributed by atoms with E-state index < -0.39 is 0 Å². The molecule has 1 atom stereocenters. The molecule has 0 rings (SSSR count). The molecule has 0 heterocycles. The zero-order valence-electron chi connectivity index (χ0n) is 7.44. The van der Waals surface area contributed by atoms with Crippen molar-refractivity contribution in [2.24, 2.45) is 0 Å². The molecule has 0 aliphatic rings. The van der Waals surface area contributed by atoms with Crippen LogP contribution in [0.4, 0.5) is 0 Å². The highest BCUT2D eigenvalue weighted by Gasteiger charge is 1.98. The molecule has 0 amide bonds. The molecular formula is C8H15Cl2NS. The first-order valence-electron chi connectivity index (χ1n) is 3.89. The first-order valence-corrected chi connectivity index (χ1v) is 5.99. The summed E-state index contributed by atoms with van der Waals surface area (Å²) in [7, 11) is 0. The largest absolute Gasteiger partial charge is 0.312 e. The van der Waals surface area contributed by atoms with Gasteiger partial charge in [0.2, 0.25) is 0 Å². The topological polar surface area (TPSA) is 12.0 Å². The summed E-state index contributed by atoms with van der Waals surface area (Å²) in [5.41, 5.74) is 1.40. The molecular weight excluding hydrogens is 213 g/mol. The number of rotatable bonds is 6. The molecule has 0 fully saturated rings. The van der Waals surface area contributed by atoms with E-state index in [0.717, 1.165) is 13.0 Å². The molecule has 0 saturated carbocycles. The van der Waals surface area contributed by atoms with Gasteiger partial charge in [-0.2, -0.15) is 11.8 Å². The lowest BCUT2D eigenvalue weighted by molar-refractivity contribution is 0.687. The molecule has 0 bridgehead atoms. The van der Waals surface area contributed by atoms with Crippen LogP contribution >= 0.6 is 35.0 Å². The summed E-state index contributed by atoms with van der Waals surface area (Å²) in [6, 6.07) is 0. The Morgan fingerprint density at radius 2 is 2.33 bits per heavy atom. The Bertz CT molecular complexity index is 139. The molecule has 0 aromatic carbocycles. The molecule has 72 valence electrons. The highest BCUT2D eigenvalue weighted by atomic mass is 35.5. The third-order valence-corrected chi connectivity index (χ3v) is 3.20. The first-order chi connectivity index (χ1) is 5.70. The lowest BCUT2D eigenvalue weighted by Crippen LogP contribution is -2.19. The van der Waals surface area contributed by atoms with Crippen molar-refractivity contribution in [2.45, 2.75) is 18.6 Å². The van der Waals surface area contributed by atoms with Crippen LogP contribution in [-0.2, 0) is 0 Å². The zero-order chi connectivity index (χ0) is 9.40. The maximum absolute atomic E-state index is 5.68. The Kier molecular flexibility index (Phi) is 8.67. The van der Waals surface area contributed by atoms with Gasteiger partial charge in [-0.15, -0.1) is 0 Å². The highest BCUT2D eigenvalue weighted by molar-refractivity contribution is 7.99. The predicted molar refractivity (Wildman–Crippen MR) is 60.3 cm³/mol. The van der Waals surface area contributed by atoms with Crippen LogP contribution in [0.25, 0.3) is 0 Å². The Balaban J connectivity index is 3.21. The van der Waals surface area contributed by atoms with Crippen LogP contribution in [0.3, 0.4) is 0 Å². The van der Waals surface area contributed by atoms with Crippen LogP contribution in [0.2, 0.25) is 0 Å². The van der Waals surface area contributed by atoms with E-state index in [1.54, 1.807) is 0 Å². The van der Waals surface area contributed by atoms with Gasteiger partial charge >= 0.3 is 0 Å². The van der Waals surface area contributed by atoms with E-state index in [1.165, 1.54) is 5.54 Å². The van der Waals surface area contributed by atoms with E-state index in [4.69, 9.17) is 23.2 Å². The standard InChI is InChI=1S/C8H15Cl2NS/c1-7(12-2)3-4-11-6-8(10)5-9/h5,7,11H,3-4,6H2,1-2H3. The van der Waals surface area contributed by atoms with Crippen LogP contribution in [0.1, 0.15) is 13.3 Å². The fourth-order valence-corrected chi connectivity index (χ4v) is 1.19. The maximum Gasteiger partial charge on any atom is 0.0431 e. The lowest BCUT2D eigenvalue weighted by atomic mass is 10.3. The molecule has 0 spiro atoms. The third-order valence-electron chi connectivity index (χ3n) is 1.54. The van der Waals surface area contributed by atoms with Gasteiger partial charge in [0.25, 0.3) is 0 Å². The molecule has 0 radical (unpaired) electrons. The Labute approximate surface area is 88.9 Å². The van der Waals surface area contributed by atoms with E-state index in [0.29, 0.717) is 16.8 Å². The van der Waals surface area contributed by atoms with Gasteiger partial charge in [-0.25, -0.2) is 0 Å². The molecule has 12 heavy (non-hydrogen) atoms. The number of hydrogen-bond acceptors (Lipinski definition) is 2. The number of thioether (sulfide) groups is 1. The highest BCUT2D eigenvalue weighted by Crippen LogP contribution is 2.08. The van der Waals surface area contributed by atoms with E-state index in [-0.39, 0.29) is 0 Å². The molecule has 1 N–H and O–H groups in total. The monoisotopic (exact) mass is 227 g/mol. The normalized spacial score (nSPS) is 14.8. The van der Waals surface area contributed by atoms with Gasteiger partial charge in [0.1, 0.15) is 0 Å². The van der Waals surface area contributed by atoms with Crippen LogP contribution in [0, 0.1) is 0 Å². The number of halogens is 2. The summed E-state index contributed by atoms with van der Waals surface area (Å²) in [5.74, 6) is 0. The van der Waals surface area contributed by atoms with E-state index in [2.05, 4.69) is 18.5 Å². The summed E-state index contributed by atoms with van der Waals surface area (Å²) < 4.78 is 0. The van der Waals surface area contributed by atoms with Gasteiger partial charge in [0.15, 0.2) is 0 Å². The predicted octanol–water partition coefficient (Wildman–Crippen LogP) is 3.04. The average molecular weight is 228 g/mol. The average Bonchev–Trinajstić information content (AvgIpc) is 2.11.